The Balaban J connectivity index is 0.00000841. The van der Waals surface area contributed by atoms with Gasteiger partial charge in [0.1, 0.15) is 5.60 Å². The minimum atomic E-state index is -3.32. The first-order valence-electron chi connectivity index (χ1n) is 9.96. The minimum Gasteiger partial charge on any atom is -0.444 e. The van der Waals surface area contributed by atoms with Crippen LogP contribution in [0.1, 0.15) is 34.6 Å². The second kappa shape index (κ2) is 13.5. The predicted octanol–water partition coefficient (Wildman–Crippen LogP) is 1.08. The van der Waals surface area contributed by atoms with Gasteiger partial charge in [-0.15, -0.1) is 24.0 Å². The number of aliphatic imine (C=N–C) groups is 1. The van der Waals surface area contributed by atoms with Crippen LogP contribution in [-0.4, -0.2) is 100 Å². The summed E-state index contributed by atoms with van der Waals surface area (Å²) in [5.41, 5.74) is -0.533. The summed E-state index contributed by atoms with van der Waals surface area (Å²) in [6.07, 6.45) is -0.448. The number of nitrogens with one attached hydrogen (secondary N) is 2. The molecule has 0 bridgehead atoms. The van der Waals surface area contributed by atoms with Crippen molar-refractivity contribution in [2.45, 2.75) is 46.3 Å². The molecule has 1 aliphatic rings. The van der Waals surface area contributed by atoms with Crippen LogP contribution >= 0.6 is 24.0 Å². The van der Waals surface area contributed by atoms with Crippen LogP contribution in [0.3, 0.4) is 0 Å². The Morgan fingerprint density at radius 2 is 1.67 bits per heavy atom. The van der Waals surface area contributed by atoms with Crippen molar-refractivity contribution in [3.63, 3.8) is 0 Å². The molecule has 1 amide bonds. The number of piperazine rings is 1. The van der Waals surface area contributed by atoms with E-state index in [0.717, 1.165) is 0 Å². The molecule has 0 radical (unpaired) electrons. The molecule has 1 saturated heterocycles. The zero-order chi connectivity index (χ0) is 22.1. The molecule has 30 heavy (non-hydrogen) atoms. The highest BCUT2D eigenvalue weighted by atomic mass is 127. The second-order valence-electron chi connectivity index (χ2n) is 8.02. The lowest BCUT2D eigenvalue weighted by Gasteiger charge is -2.35. The highest BCUT2D eigenvalue weighted by Gasteiger charge is 2.28. The Morgan fingerprint density at radius 1 is 1.10 bits per heavy atom. The van der Waals surface area contributed by atoms with Gasteiger partial charge in [0.05, 0.1) is 18.5 Å². The van der Waals surface area contributed by atoms with E-state index < -0.39 is 21.7 Å². The number of sulfonamides is 1. The summed E-state index contributed by atoms with van der Waals surface area (Å²) in [4.78, 5) is 17.9. The van der Waals surface area contributed by atoms with E-state index in [4.69, 9.17) is 9.47 Å². The number of ether oxygens (including phenoxy) is 2. The van der Waals surface area contributed by atoms with E-state index in [1.54, 1.807) is 7.05 Å². The van der Waals surface area contributed by atoms with Gasteiger partial charge in [-0.1, -0.05) is 0 Å². The van der Waals surface area contributed by atoms with Gasteiger partial charge in [-0.3, -0.25) is 4.99 Å². The minimum absolute atomic E-state index is 0. The van der Waals surface area contributed by atoms with Gasteiger partial charge >= 0.3 is 6.09 Å². The number of hydrogen-bond donors (Lipinski definition) is 2. The molecule has 0 spiro atoms. The van der Waals surface area contributed by atoms with Gasteiger partial charge in [0.2, 0.25) is 10.0 Å². The summed E-state index contributed by atoms with van der Waals surface area (Å²) in [5, 5.41) is 5.85. The topological polar surface area (TPSA) is 113 Å². The molecule has 0 aliphatic carbocycles. The van der Waals surface area contributed by atoms with E-state index >= 15 is 0 Å². The van der Waals surface area contributed by atoms with Crippen molar-refractivity contribution in [3.8, 4) is 0 Å². The van der Waals surface area contributed by atoms with Gasteiger partial charge in [-0.2, -0.15) is 4.31 Å². The van der Waals surface area contributed by atoms with Crippen LogP contribution in [0.4, 0.5) is 4.79 Å². The molecule has 1 fully saturated rings. The monoisotopic (exact) mass is 563 g/mol. The first-order chi connectivity index (χ1) is 13.4. The molecule has 0 atom stereocenters. The fraction of sp³-hybridized carbons (Fsp3) is 0.889. The Hall–Kier alpha value is -0.860. The Morgan fingerprint density at radius 3 is 2.17 bits per heavy atom. The third kappa shape index (κ3) is 11.5. The summed E-state index contributed by atoms with van der Waals surface area (Å²) in [6.45, 7) is 12.2. The van der Waals surface area contributed by atoms with Gasteiger partial charge in [0.15, 0.2) is 5.96 Å². The van der Waals surface area contributed by atoms with Crippen LogP contribution in [0, 0.1) is 0 Å². The highest BCUT2D eigenvalue weighted by Crippen LogP contribution is 2.09. The quantitative estimate of drug-likeness (QED) is 0.197. The van der Waals surface area contributed by atoms with Crippen LogP contribution in [0.15, 0.2) is 4.99 Å². The number of alkyl carbamates (subject to hydrolysis) is 1. The number of hydrogen-bond acceptors (Lipinski definition) is 6. The number of nitrogens with zero attached hydrogens (tertiary/aromatic N) is 3. The largest absolute Gasteiger partial charge is 0.444 e. The zero-order valence-electron chi connectivity index (χ0n) is 18.9. The molecule has 1 aliphatic heterocycles. The van der Waals surface area contributed by atoms with Crippen LogP contribution in [0.5, 0.6) is 0 Å². The second-order valence-corrected chi connectivity index (χ2v) is 10.1. The van der Waals surface area contributed by atoms with E-state index in [-0.39, 0.29) is 42.4 Å². The lowest BCUT2D eigenvalue weighted by Crippen LogP contribution is -2.54. The van der Waals surface area contributed by atoms with Crippen LogP contribution in [0.25, 0.3) is 0 Å². The van der Waals surface area contributed by atoms with Gasteiger partial charge in [-0.25, -0.2) is 13.2 Å². The predicted molar refractivity (Wildman–Crippen MR) is 129 cm³/mol. The van der Waals surface area contributed by atoms with Gasteiger partial charge in [0.25, 0.3) is 0 Å². The molecule has 178 valence electrons. The maximum Gasteiger partial charge on any atom is 0.407 e. The molecule has 0 aromatic heterocycles. The van der Waals surface area contributed by atoms with E-state index in [1.807, 2.05) is 39.5 Å². The smallest absolute Gasteiger partial charge is 0.407 e. The Kier molecular flexibility index (Phi) is 13.1. The molecular formula is C18H38IN5O5S. The number of rotatable bonds is 8. The van der Waals surface area contributed by atoms with Crippen LogP contribution in [0.2, 0.25) is 0 Å². The maximum atomic E-state index is 12.4. The van der Waals surface area contributed by atoms with Crippen LogP contribution in [-0.2, 0) is 19.5 Å². The maximum absolute atomic E-state index is 12.4. The normalized spacial score (nSPS) is 16.2. The molecule has 0 aromatic rings. The molecule has 1 heterocycles. The Labute approximate surface area is 198 Å². The number of carbonyl (C=O) groups is 1. The standard InChI is InChI=1S/C18H37N5O5S.HI/c1-15(2)27-13-14-29(25,26)23-11-9-22(10-12-23)16(19-6)20-7-8-21-17(24)28-18(3,4)5;/h15H,7-14H2,1-6H3,(H,19,20)(H,21,24);1H. The van der Waals surface area contributed by atoms with E-state index in [1.165, 1.54) is 4.31 Å². The third-order valence-electron chi connectivity index (χ3n) is 4.01. The van der Waals surface area contributed by atoms with Crippen molar-refractivity contribution >= 4 is 46.1 Å². The summed E-state index contributed by atoms with van der Waals surface area (Å²) in [6, 6.07) is 0. The van der Waals surface area contributed by atoms with Crippen molar-refractivity contribution in [2.24, 2.45) is 4.99 Å². The summed E-state index contributed by atoms with van der Waals surface area (Å²) in [7, 11) is -1.64. The van der Waals surface area contributed by atoms with E-state index in [2.05, 4.69) is 15.6 Å². The SMILES string of the molecule is CN=C(NCCNC(=O)OC(C)(C)C)N1CCN(S(=O)(=O)CCOC(C)C)CC1.I. The van der Waals surface area contributed by atoms with Gasteiger partial charge in [0, 0.05) is 46.3 Å². The van der Waals surface area contributed by atoms with Gasteiger partial charge < -0.3 is 25.0 Å². The van der Waals surface area contributed by atoms with Gasteiger partial charge in [-0.05, 0) is 34.6 Å². The molecule has 0 unspecified atom stereocenters. The van der Waals surface area contributed by atoms with Crippen LogP contribution < -0.4 is 10.6 Å². The molecule has 2 N–H and O–H groups in total. The van der Waals surface area contributed by atoms with Crippen molar-refractivity contribution < 1.29 is 22.7 Å². The lowest BCUT2D eigenvalue weighted by molar-refractivity contribution is 0.0528. The number of guanidine groups is 1. The summed E-state index contributed by atoms with van der Waals surface area (Å²) < 4.78 is 36.9. The highest BCUT2D eigenvalue weighted by molar-refractivity contribution is 14.0. The number of carbonyl (C=O) groups excluding carboxylic acids is 1. The molecule has 1 rings (SSSR count). The molecule has 0 saturated carbocycles. The average molecular weight is 564 g/mol. The molecular weight excluding hydrogens is 525 g/mol. The van der Waals surface area contributed by atoms with E-state index in [9.17, 15) is 13.2 Å². The number of halogens is 1. The van der Waals surface area contributed by atoms with Crippen molar-refractivity contribution in [1.29, 1.82) is 0 Å². The van der Waals surface area contributed by atoms with E-state index in [0.29, 0.717) is 45.2 Å². The first kappa shape index (κ1) is 29.1. The Bertz CT molecular complexity index is 644. The van der Waals surface area contributed by atoms with Crippen molar-refractivity contribution in [2.75, 3.05) is 58.7 Å². The lowest BCUT2D eigenvalue weighted by atomic mass is 10.2. The summed E-state index contributed by atoms with van der Waals surface area (Å²) >= 11 is 0. The first-order valence-corrected chi connectivity index (χ1v) is 11.6. The molecule has 0 aromatic carbocycles. The van der Waals surface area contributed by atoms with Crippen molar-refractivity contribution in [3.05, 3.63) is 0 Å². The molecule has 12 heteroatoms. The van der Waals surface area contributed by atoms with Crippen molar-refractivity contribution in [1.82, 2.24) is 19.8 Å². The fourth-order valence-electron chi connectivity index (χ4n) is 2.68. The fourth-order valence-corrected chi connectivity index (χ4v) is 3.97. The molecule has 10 nitrogen and oxygen atoms in total. The third-order valence-corrected chi connectivity index (χ3v) is 5.85. The average Bonchev–Trinajstić information content (AvgIpc) is 2.60. The number of amides is 1. The summed E-state index contributed by atoms with van der Waals surface area (Å²) in [5.74, 6) is 0.672. The zero-order valence-corrected chi connectivity index (χ0v) is 22.1.